The second-order valence-corrected chi connectivity index (χ2v) is 5.13. The molecule has 84 valence electrons. The van der Waals surface area contributed by atoms with Crippen LogP contribution in [0.5, 0.6) is 0 Å². The maximum Gasteiger partial charge on any atom is 0.244 e. The van der Waals surface area contributed by atoms with E-state index in [4.69, 9.17) is 11.6 Å². The Morgan fingerprint density at radius 3 is 2.75 bits per heavy atom. The molecule has 2 aromatic rings. The molecule has 0 N–H and O–H groups in total. The Balaban J connectivity index is 2.44. The summed E-state index contributed by atoms with van der Waals surface area (Å²) in [4.78, 5) is 13.3. The summed E-state index contributed by atoms with van der Waals surface area (Å²) in [6, 6.07) is 7.98. The van der Waals surface area contributed by atoms with Crippen molar-refractivity contribution in [2.45, 2.75) is 5.38 Å². The molecule has 1 aromatic carbocycles. The average Bonchev–Trinajstić information content (AvgIpc) is 2.70. The van der Waals surface area contributed by atoms with Gasteiger partial charge in [0, 0.05) is 18.8 Å². The molecule has 0 saturated carbocycles. The van der Waals surface area contributed by atoms with Crippen LogP contribution in [0.2, 0.25) is 0 Å². The number of likely N-dealkylation sites (N-methyl/N-ethyl adjacent to an activating group) is 1. The van der Waals surface area contributed by atoms with Crippen molar-refractivity contribution in [2.75, 3.05) is 14.1 Å². The predicted octanol–water partition coefficient (Wildman–Crippen LogP) is 3.27. The SMILES string of the molecule is CN(C)C(=O)C(Cl)c1csc2ccccc12. The van der Waals surface area contributed by atoms with Gasteiger partial charge in [-0.15, -0.1) is 22.9 Å². The molecule has 2 nitrogen and oxygen atoms in total. The number of halogens is 1. The molecular formula is C12H12ClNOS. The van der Waals surface area contributed by atoms with E-state index in [2.05, 4.69) is 0 Å². The van der Waals surface area contributed by atoms with Gasteiger partial charge in [-0.3, -0.25) is 4.79 Å². The van der Waals surface area contributed by atoms with Crippen molar-refractivity contribution in [2.24, 2.45) is 0 Å². The molecule has 0 aliphatic rings. The number of hydrogen-bond donors (Lipinski definition) is 0. The number of amides is 1. The van der Waals surface area contributed by atoms with E-state index in [1.165, 1.54) is 4.90 Å². The lowest BCUT2D eigenvalue weighted by atomic mass is 10.1. The molecule has 1 atom stereocenters. The third kappa shape index (κ3) is 1.93. The topological polar surface area (TPSA) is 20.3 Å². The third-order valence-corrected chi connectivity index (χ3v) is 3.85. The Morgan fingerprint density at radius 1 is 1.38 bits per heavy atom. The van der Waals surface area contributed by atoms with Crippen LogP contribution in [0, 0.1) is 0 Å². The molecule has 0 aliphatic carbocycles. The van der Waals surface area contributed by atoms with E-state index in [0.717, 1.165) is 15.6 Å². The highest BCUT2D eigenvalue weighted by atomic mass is 35.5. The summed E-state index contributed by atoms with van der Waals surface area (Å²) in [6.07, 6.45) is 0. The molecule has 16 heavy (non-hydrogen) atoms. The fourth-order valence-electron chi connectivity index (χ4n) is 1.55. The van der Waals surface area contributed by atoms with Gasteiger partial charge < -0.3 is 4.90 Å². The first-order valence-electron chi connectivity index (χ1n) is 4.92. The normalized spacial score (nSPS) is 12.7. The summed E-state index contributed by atoms with van der Waals surface area (Å²) in [6.45, 7) is 0. The number of thiophene rings is 1. The van der Waals surface area contributed by atoms with Crippen molar-refractivity contribution < 1.29 is 4.79 Å². The molecule has 1 unspecified atom stereocenters. The number of carbonyl (C=O) groups excluding carboxylic acids is 1. The van der Waals surface area contributed by atoms with Crippen molar-refractivity contribution in [3.05, 3.63) is 35.2 Å². The van der Waals surface area contributed by atoms with Gasteiger partial charge in [0.05, 0.1) is 0 Å². The summed E-state index contributed by atoms with van der Waals surface area (Å²) >= 11 is 7.80. The highest BCUT2D eigenvalue weighted by Gasteiger charge is 2.22. The minimum Gasteiger partial charge on any atom is -0.347 e. The smallest absolute Gasteiger partial charge is 0.244 e. The number of nitrogens with zero attached hydrogens (tertiary/aromatic N) is 1. The lowest BCUT2D eigenvalue weighted by Gasteiger charge is -2.14. The minimum absolute atomic E-state index is 0.0785. The molecule has 1 heterocycles. The van der Waals surface area contributed by atoms with Crippen molar-refractivity contribution in [1.29, 1.82) is 0 Å². The van der Waals surface area contributed by atoms with Crippen LogP contribution in [0.25, 0.3) is 10.1 Å². The highest BCUT2D eigenvalue weighted by Crippen LogP contribution is 2.33. The molecule has 1 aromatic heterocycles. The van der Waals surface area contributed by atoms with E-state index in [9.17, 15) is 4.79 Å². The van der Waals surface area contributed by atoms with E-state index in [-0.39, 0.29) is 5.91 Å². The molecule has 0 bridgehead atoms. The Hall–Kier alpha value is -1.06. The fraction of sp³-hybridized carbons (Fsp3) is 0.250. The van der Waals surface area contributed by atoms with Gasteiger partial charge in [-0.1, -0.05) is 18.2 Å². The summed E-state index contributed by atoms with van der Waals surface area (Å²) in [5.41, 5.74) is 0.904. The number of carbonyl (C=O) groups is 1. The van der Waals surface area contributed by atoms with Crippen LogP contribution < -0.4 is 0 Å². The van der Waals surface area contributed by atoms with E-state index in [1.807, 2.05) is 29.6 Å². The van der Waals surface area contributed by atoms with Crippen LogP contribution in [0.15, 0.2) is 29.6 Å². The first kappa shape index (κ1) is 11.4. The Morgan fingerprint density at radius 2 is 2.06 bits per heavy atom. The van der Waals surface area contributed by atoms with E-state index >= 15 is 0 Å². The largest absolute Gasteiger partial charge is 0.347 e. The van der Waals surface area contributed by atoms with Gasteiger partial charge in [-0.2, -0.15) is 0 Å². The first-order chi connectivity index (χ1) is 7.61. The van der Waals surface area contributed by atoms with E-state index < -0.39 is 5.38 Å². The van der Waals surface area contributed by atoms with Crippen molar-refractivity contribution in [3.8, 4) is 0 Å². The summed E-state index contributed by atoms with van der Waals surface area (Å²) in [5.74, 6) is -0.0785. The zero-order valence-electron chi connectivity index (χ0n) is 9.11. The summed E-state index contributed by atoms with van der Waals surface area (Å²) in [7, 11) is 3.43. The summed E-state index contributed by atoms with van der Waals surface area (Å²) in [5, 5.41) is 2.44. The van der Waals surface area contributed by atoms with Gasteiger partial charge in [0.1, 0.15) is 5.38 Å². The van der Waals surface area contributed by atoms with Crippen LogP contribution >= 0.6 is 22.9 Å². The molecule has 0 fully saturated rings. The van der Waals surface area contributed by atoms with Crippen LogP contribution in [0.3, 0.4) is 0 Å². The third-order valence-electron chi connectivity index (χ3n) is 2.44. The highest BCUT2D eigenvalue weighted by molar-refractivity contribution is 7.17. The molecule has 4 heteroatoms. The number of fused-ring (bicyclic) bond motifs is 1. The second kappa shape index (κ2) is 4.44. The number of alkyl halides is 1. The standard InChI is InChI=1S/C12H12ClNOS/c1-14(2)12(15)11(13)9-7-16-10-6-4-3-5-8(9)10/h3-7,11H,1-2H3. The van der Waals surface area contributed by atoms with Gasteiger partial charge in [-0.05, 0) is 22.4 Å². The van der Waals surface area contributed by atoms with Gasteiger partial charge in [0.15, 0.2) is 0 Å². The molecule has 0 radical (unpaired) electrons. The van der Waals surface area contributed by atoms with Crippen LogP contribution in [0.4, 0.5) is 0 Å². The zero-order chi connectivity index (χ0) is 11.7. The van der Waals surface area contributed by atoms with E-state index in [1.54, 1.807) is 25.4 Å². The fourth-order valence-corrected chi connectivity index (χ4v) is 2.99. The summed E-state index contributed by atoms with van der Waals surface area (Å²) < 4.78 is 1.16. The van der Waals surface area contributed by atoms with Gasteiger partial charge >= 0.3 is 0 Å². The monoisotopic (exact) mass is 253 g/mol. The van der Waals surface area contributed by atoms with Gasteiger partial charge in [-0.25, -0.2) is 0 Å². The quantitative estimate of drug-likeness (QED) is 0.753. The first-order valence-corrected chi connectivity index (χ1v) is 6.24. The minimum atomic E-state index is -0.592. The van der Waals surface area contributed by atoms with Crippen LogP contribution in [-0.4, -0.2) is 24.9 Å². The van der Waals surface area contributed by atoms with Crippen molar-refractivity contribution >= 4 is 38.9 Å². The number of rotatable bonds is 2. The lowest BCUT2D eigenvalue weighted by molar-refractivity contribution is -0.128. The van der Waals surface area contributed by atoms with Crippen molar-refractivity contribution in [1.82, 2.24) is 4.90 Å². The molecule has 1 amide bonds. The second-order valence-electron chi connectivity index (χ2n) is 3.78. The van der Waals surface area contributed by atoms with E-state index in [0.29, 0.717) is 0 Å². The number of benzene rings is 1. The zero-order valence-corrected chi connectivity index (χ0v) is 10.7. The Kier molecular flexibility index (Phi) is 3.17. The maximum atomic E-state index is 11.8. The molecular weight excluding hydrogens is 242 g/mol. The Bertz CT molecular complexity index is 520. The Labute approximate surface area is 103 Å². The van der Waals surface area contributed by atoms with Gasteiger partial charge in [0.2, 0.25) is 5.91 Å². The molecule has 0 saturated heterocycles. The number of hydrogen-bond acceptors (Lipinski definition) is 2. The molecule has 0 aliphatic heterocycles. The van der Waals surface area contributed by atoms with Crippen LogP contribution in [-0.2, 0) is 4.79 Å². The average molecular weight is 254 g/mol. The van der Waals surface area contributed by atoms with Gasteiger partial charge in [0.25, 0.3) is 0 Å². The predicted molar refractivity (Wildman–Crippen MR) is 69.1 cm³/mol. The maximum absolute atomic E-state index is 11.8. The molecule has 0 spiro atoms. The van der Waals surface area contributed by atoms with Crippen LogP contribution in [0.1, 0.15) is 10.9 Å². The van der Waals surface area contributed by atoms with Crippen molar-refractivity contribution in [3.63, 3.8) is 0 Å². The lowest BCUT2D eigenvalue weighted by Crippen LogP contribution is -2.25. The molecule has 2 rings (SSSR count).